The van der Waals surface area contributed by atoms with Crippen molar-refractivity contribution in [2.24, 2.45) is 7.05 Å². The lowest BCUT2D eigenvalue weighted by Crippen LogP contribution is -2.01. The van der Waals surface area contributed by atoms with E-state index in [0.29, 0.717) is 6.42 Å². The van der Waals surface area contributed by atoms with Crippen LogP contribution in [0.4, 0.5) is 0 Å². The van der Waals surface area contributed by atoms with Crippen LogP contribution in [-0.4, -0.2) is 14.9 Å². The zero-order chi connectivity index (χ0) is 10.8. The summed E-state index contributed by atoms with van der Waals surface area (Å²) in [7, 11) is 1.84. The molecule has 0 bridgehead atoms. The Balaban J connectivity index is 2.14. The third-order valence-electron chi connectivity index (χ3n) is 2.39. The standard InChI is InChI=1S/C11H14N2O2/c1-8-10(7-13(2)12-8)11(14)6-9-4-3-5-15-9/h3-5,7,11,14H,6H2,1-2H3. The van der Waals surface area contributed by atoms with Gasteiger partial charge in [0.05, 0.1) is 18.1 Å². The molecule has 4 nitrogen and oxygen atoms in total. The van der Waals surface area contributed by atoms with E-state index in [1.54, 1.807) is 10.9 Å². The highest BCUT2D eigenvalue weighted by molar-refractivity contribution is 5.19. The van der Waals surface area contributed by atoms with Crippen molar-refractivity contribution in [1.82, 2.24) is 9.78 Å². The molecule has 1 atom stereocenters. The van der Waals surface area contributed by atoms with Gasteiger partial charge in [0, 0.05) is 25.2 Å². The Morgan fingerprint density at radius 1 is 1.60 bits per heavy atom. The third-order valence-corrected chi connectivity index (χ3v) is 2.39. The largest absolute Gasteiger partial charge is 0.469 e. The van der Waals surface area contributed by atoms with Gasteiger partial charge in [0.1, 0.15) is 5.76 Å². The minimum atomic E-state index is -0.551. The molecule has 0 aliphatic carbocycles. The maximum atomic E-state index is 9.97. The first-order valence-electron chi connectivity index (χ1n) is 4.87. The molecule has 1 N–H and O–H groups in total. The molecule has 2 rings (SSSR count). The second-order valence-corrected chi connectivity index (χ2v) is 3.64. The smallest absolute Gasteiger partial charge is 0.106 e. The lowest BCUT2D eigenvalue weighted by atomic mass is 10.1. The van der Waals surface area contributed by atoms with E-state index in [2.05, 4.69) is 5.10 Å². The zero-order valence-electron chi connectivity index (χ0n) is 8.84. The van der Waals surface area contributed by atoms with Crippen molar-refractivity contribution < 1.29 is 9.52 Å². The van der Waals surface area contributed by atoms with Gasteiger partial charge in [-0.05, 0) is 19.1 Å². The summed E-state index contributed by atoms with van der Waals surface area (Å²) in [5, 5.41) is 14.2. The third kappa shape index (κ3) is 2.10. The first-order valence-corrected chi connectivity index (χ1v) is 4.87. The number of hydrogen-bond acceptors (Lipinski definition) is 3. The molecule has 2 heterocycles. The van der Waals surface area contributed by atoms with Crippen molar-refractivity contribution in [2.75, 3.05) is 0 Å². The van der Waals surface area contributed by atoms with E-state index in [9.17, 15) is 5.11 Å². The SMILES string of the molecule is Cc1nn(C)cc1C(O)Cc1ccco1. The number of aliphatic hydroxyl groups is 1. The molecule has 0 saturated heterocycles. The fraction of sp³-hybridized carbons (Fsp3) is 0.364. The van der Waals surface area contributed by atoms with Crippen LogP contribution in [0, 0.1) is 6.92 Å². The Kier molecular flexibility index (Phi) is 2.60. The average molecular weight is 206 g/mol. The van der Waals surface area contributed by atoms with Gasteiger partial charge < -0.3 is 9.52 Å². The predicted octanol–water partition coefficient (Wildman–Crippen LogP) is 1.60. The van der Waals surface area contributed by atoms with Gasteiger partial charge in [-0.25, -0.2) is 0 Å². The zero-order valence-corrected chi connectivity index (χ0v) is 8.84. The number of aliphatic hydroxyl groups excluding tert-OH is 1. The van der Waals surface area contributed by atoms with Gasteiger partial charge in [-0.1, -0.05) is 0 Å². The van der Waals surface area contributed by atoms with Gasteiger partial charge in [0.15, 0.2) is 0 Å². The van der Waals surface area contributed by atoms with E-state index >= 15 is 0 Å². The summed E-state index contributed by atoms with van der Waals surface area (Å²) in [6, 6.07) is 3.67. The number of hydrogen-bond donors (Lipinski definition) is 1. The van der Waals surface area contributed by atoms with Gasteiger partial charge in [0.25, 0.3) is 0 Å². The number of aromatic nitrogens is 2. The maximum absolute atomic E-state index is 9.97. The highest BCUT2D eigenvalue weighted by Gasteiger charge is 2.15. The lowest BCUT2D eigenvalue weighted by molar-refractivity contribution is 0.170. The maximum Gasteiger partial charge on any atom is 0.106 e. The summed E-state index contributed by atoms with van der Waals surface area (Å²) >= 11 is 0. The van der Waals surface area contributed by atoms with E-state index in [0.717, 1.165) is 17.0 Å². The molecule has 0 aromatic carbocycles. The van der Waals surface area contributed by atoms with E-state index in [-0.39, 0.29) is 0 Å². The molecule has 0 aliphatic rings. The van der Waals surface area contributed by atoms with Crippen LogP contribution >= 0.6 is 0 Å². The summed E-state index contributed by atoms with van der Waals surface area (Å²) in [5.41, 5.74) is 1.71. The first-order chi connectivity index (χ1) is 7.16. The normalized spacial score (nSPS) is 13.0. The summed E-state index contributed by atoms with van der Waals surface area (Å²) in [4.78, 5) is 0. The molecule has 0 fully saturated rings. The quantitative estimate of drug-likeness (QED) is 0.829. The molecule has 0 saturated carbocycles. The van der Waals surface area contributed by atoms with Crippen LogP contribution in [0.1, 0.15) is 23.1 Å². The van der Waals surface area contributed by atoms with Crippen LogP contribution in [0.25, 0.3) is 0 Å². The fourth-order valence-corrected chi connectivity index (χ4v) is 1.67. The number of aryl methyl sites for hydroxylation is 2. The monoisotopic (exact) mass is 206 g/mol. The lowest BCUT2D eigenvalue weighted by Gasteiger charge is -2.06. The van der Waals surface area contributed by atoms with E-state index in [1.807, 2.05) is 32.3 Å². The van der Waals surface area contributed by atoms with Crippen molar-refractivity contribution in [1.29, 1.82) is 0 Å². The van der Waals surface area contributed by atoms with E-state index < -0.39 is 6.10 Å². The highest BCUT2D eigenvalue weighted by atomic mass is 16.3. The summed E-state index contributed by atoms with van der Waals surface area (Å²) in [6.07, 6.45) is 3.38. The van der Waals surface area contributed by atoms with Crippen molar-refractivity contribution in [3.63, 3.8) is 0 Å². The fourth-order valence-electron chi connectivity index (χ4n) is 1.67. The van der Waals surface area contributed by atoms with Gasteiger partial charge in [-0.3, -0.25) is 4.68 Å². The van der Waals surface area contributed by atoms with Crippen LogP contribution in [0.5, 0.6) is 0 Å². The molecule has 0 aliphatic heterocycles. The molecular weight excluding hydrogens is 192 g/mol. The minimum absolute atomic E-state index is 0.486. The minimum Gasteiger partial charge on any atom is -0.469 e. The van der Waals surface area contributed by atoms with Gasteiger partial charge in [0.2, 0.25) is 0 Å². The highest BCUT2D eigenvalue weighted by Crippen LogP contribution is 2.20. The van der Waals surface area contributed by atoms with Crippen molar-refractivity contribution in [2.45, 2.75) is 19.4 Å². The van der Waals surface area contributed by atoms with Crippen molar-refractivity contribution in [3.05, 3.63) is 41.6 Å². The molecule has 0 amide bonds. The summed E-state index contributed by atoms with van der Waals surface area (Å²) < 4.78 is 6.89. The number of furan rings is 1. The molecule has 4 heteroatoms. The molecule has 2 aromatic rings. The molecule has 0 spiro atoms. The number of rotatable bonds is 3. The topological polar surface area (TPSA) is 51.2 Å². The second-order valence-electron chi connectivity index (χ2n) is 3.64. The molecule has 0 radical (unpaired) electrons. The van der Waals surface area contributed by atoms with Crippen LogP contribution in [-0.2, 0) is 13.5 Å². The van der Waals surface area contributed by atoms with Gasteiger partial charge in [-0.2, -0.15) is 5.10 Å². The second kappa shape index (κ2) is 3.90. The van der Waals surface area contributed by atoms with E-state index in [4.69, 9.17) is 4.42 Å². The summed E-state index contributed by atoms with van der Waals surface area (Å²) in [5.74, 6) is 0.783. The Morgan fingerprint density at radius 2 is 2.40 bits per heavy atom. The molecule has 1 unspecified atom stereocenters. The predicted molar refractivity (Wildman–Crippen MR) is 55.3 cm³/mol. The Hall–Kier alpha value is -1.55. The first kappa shape index (κ1) is 9.98. The number of nitrogens with zero attached hydrogens (tertiary/aromatic N) is 2. The molecule has 2 aromatic heterocycles. The van der Waals surface area contributed by atoms with Crippen LogP contribution in [0.2, 0.25) is 0 Å². The van der Waals surface area contributed by atoms with Gasteiger partial charge >= 0.3 is 0 Å². The average Bonchev–Trinajstić information content (AvgIpc) is 2.75. The Morgan fingerprint density at radius 3 is 2.93 bits per heavy atom. The van der Waals surface area contributed by atoms with Crippen LogP contribution < -0.4 is 0 Å². The summed E-state index contributed by atoms with van der Waals surface area (Å²) in [6.45, 7) is 1.89. The molecular formula is C11H14N2O2. The Bertz CT molecular complexity index is 431. The van der Waals surface area contributed by atoms with Gasteiger partial charge in [-0.15, -0.1) is 0 Å². The van der Waals surface area contributed by atoms with Crippen molar-refractivity contribution in [3.8, 4) is 0 Å². The molecule has 80 valence electrons. The van der Waals surface area contributed by atoms with Crippen LogP contribution in [0.15, 0.2) is 29.0 Å². The molecule has 15 heavy (non-hydrogen) atoms. The Labute approximate surface area is 88.1 Å². The van der Waals surface area contributed by atoms with E-state index in [1.165, 1.54) is 0 Å². The van der Waals surface area contributed by atoms with Crippen molar-refractivity contribution >= 4 is 0 Å². The van der Waals surface area contributed by atoms with Crippen LogP contribution in [0.3, 0.4) is 0 Å².